The molecule has 4 unspecified atom stereocenters. The topological polar surface area (TPSA) is 94.5 Å². The number of aliphatic hydroxyl groups is 2. The molecule has 0 spiro atoms. The van der Waals surface area contributed by atoms with Crippen molar-refractivity contribution in [3.63, 3.8) is 0 Å². The lowest BCUT2D eigenvalue weighted by Gasteiger charge is -2.19. The number of ether oxygens (including phenoxy) is 4. The van der Waals surface area contributed by atoms with Crippen LogP contribution in [0.4, 0.5) is 0 Å². The summed E-state index contributed by atoms with van der Waals surface area (Å²) in [6.45, 7) is 11.7. The van der Waals surface area contributed by atoms with Crippen LogP contribution in [0.15, 0.2) is 12.7 Å². The van der Waals surface area contributed by atoms with Crippen LogP contribution >= 0.6 is 0 Å². The third-order valence-electron chi connectivity index (χ3n) is 2.48. The summed E-state index contributed by atoms with van der Waals surface area (Å²) in [4.78, 5) is 9.84. The Hall–Kier alpha value is -0.990. The van der Waals surface area contributed by atoms with E-state index in [2.05, 4.69) is 11.3 Å². The van der Waals surface area contributed by atoms with Crippen molar-refractivity contribution >= 4 is 5.97 Å². The summed E-state index contributed by atoms with van der Waals surface area (Å²) in [7, 11) is 1.31. The largest absolute Gasteiger partial charge is 0.466 e. The van der Waals surface area contributed by atoms with Gasteiger partial charge in [-0.2, -0.15) is 0 Å². The molecule has 7 heteroatoms. The zero-order chi connectivity index (χ0) is 18.3. The van der Waals surface area contributed by atoms with Gasteiger partial charge in [-0.3, -0.25) is 0 Å². The molecule has 138 valence electrons. The molecule has 2 N–H and O–H groups in total. The number of methoxy groups -OCH3 is 1. The van der Waals surface area contributed by atoms with E-state index < -0.39 is 12.1 Å². The van der Waals surface area contributed by atoms with Crippen LogP contribution in [0.1, 0.15) is 27.7 Å². The average molecular weight is 336 g/mol. The highest BCUT2D eigenvalue weighted by molar-refractivity contribution is 5.80. The van der Waals surface area contributed by atoms with Crippen LogP contribution in [0, 0.1) is 0 Å². The molecule has 0 fully saturated rings. The minimum absolute atomic E-state index is 0.0145. The molecule has 0 saturated heterocycles. The van der Waals surface area contributed by atoms with Gasteiger partial charge in [-0.25, -0.2) is 4.79 Å². The van der Waals surface area contributed by atoms with Crippen molar-refractivity contribution in [3.8, 4) is 0 Å². The second kappa shape index (κ2) is 15.9. The van der Waals surface area contributed by atoms with Crippen LogP contribution in [-0.4, -0.2) is 74.1 Å². The Morgan fingerprint density at radius 2 is 1.43 bits per heavy atom. The van der Waals surface area contributed by atoms with Gasteiger partial charge in [-0.05, 0) is 27.7 Å². The number of hydrogen-bond donors (Lipinski definition) is 2. The van der Waals surface area contributed by atoms with E-state index in [4.69, 9.17) is 24.4 Å². The fourth-order valence-electron chi connectivity index (χ4n) is 1.14. The van der Waals surface area contributed by atoms with E-state index in [-0.39, 0.29) is 24.9 Å². The van der Waals surface area contributed by atoms with E-state index in [0.29, 0.717) is 19.8 Å². The minimum Gasteiger partial charge on any atom is -0.466 e. The van der Waals surface area contributed by atoms with Gasteiger partial charge in [0.25, 0.3) is 0 Å². The molecule has 0 aliphatic heterocycles. The van der Waals surface area contributed by atoms with Crippen molar-refractivity contribution < 1.29 is 34.0 Å². The van der Waals surface area contributed by atoms with Gasteiger partial charge in [-0.15, -0.1) is 0 Å². The summed E-state index contributed by atoms with van der Waals surface area (Å²) >= 11 is 0. The maximum atomic E-state index is 9.84. The number of rotatable bonds is 11. The smallest absolute Gasteiger partial charge is 0.329 e. The fourth-order valence-corrected chi connectivity index (χ4v) is 1.14. The highest BCUT2D eigenvalue weighted by atomic mass is 16.6. The zero-order valence-corrected chi connectivity index (χ0v) is 14.9. The van der Waals surface area contributed by atoms with Crippen molar-refractivity contribution in [3.05, 3.63) is 12.7 Å². The Labute approximate surface area is 139 Å². The number of hydrogen-bond acceptors (Lipinski definition) is 7. The summed E-state index contributed by atoms with van der Waals surface area (Å²) < 4.78 is 20.3. The molecule has 0 amide bonds. The Morgan fingerprint density at radius 1 is 1.00 bits per heavy atom. The Morgan fingerprint density at radius 3 is 1.74 bits per heavy atom. The molecule has 4 atom stereocenters. The van der Waals surface area contributed by atoms with Crippen LogP contribution < -0.4 is 0 Å². The van der Waals surface area contributed by atoms with E-state index in [9.17, 15) is 4.79 Å². The van der Waals surface area contributed by atoms with E-state index >= 15 is 0 Å². The second-order valence-corrected chi connectivity index (χ2v) is 5.19. The first kappa shape index (κ1) is 24.3. The molecule has 0 rings (SSSR count). The molecule has 0 aromatic carbocycles. The molecule has 0 aliphatic rings. The maximum absolute atomic E-state index is 9.84. The SMILES string of the molecule is C=CC(=O)OC.CC(O)COC(C)COC(C)COC(C)CO. The van der Waals surface area contributed by atoms with Gasteiger partial charge in [0.05, 0.1) is 58.0 Å². The molecule has 0 aromatic heterocycles. The summed E-state index contributed by atoms with van der Waals surface area (Å²) in [5.74, 6) is -0.394. The third-order valence-corrected chi connectivity index (χ3v) is 2.48. The Balaban J connectivity index is 0. The lowest BCUT2D eigenvalue weighted by atomic mass is 10.3. The highest BCUT2D eigenvalue weighted by Crippen LogP contribution is 2.00. The molecular formula is C16H32O7. The first-order valence-corrected chi connectivity index (χ1v) is 7.60. The Kier molecular flexibility index (Phi) is 16.8. The predicted octanol–water partition coefficient (Wildman–Crippen LogP) is 0.920. The van der Waals surface area contributed by atoms with Crippen LogP contribution in [0.5, 0.6) is 0 Å². The molecule has 7 nitrogen and oxygen atoms in total. The standard InChI is InChI=1S/C12H26O5.C4H6O2/c1-9(14)6-15-11(3)8-17-12(4)7-16-10(2)5-13;1-3-4(5)6-2/h9-14H,5-8H2,1-4H3;3H,1H2,2H3. The average Bonchev–Trinajstić information content (AvgIpc) is 2.55. The second-order valence-electron chi connectivity index (χ2n) is 5.19. The van der Waals surface area contributed by atoms with Crippen molar-refractivity contribution in [2.24, 2.45) is 0 Å². The monoisotopic (exact) mass is 336 g/mol. The number of esters is 1. The quantitative estimate of drug-likeness (QED) is 0.428. The summed E-state index contributed by atoms with van der Waals surface area (Å²) in [5, 5.41) is 17.8. The van der Waals surface area contributed by atoms with E-state index in [1.165, 1.54) is 7.11 Å². The molecule has 0 aliphatic carbocycles. The van der Waals surface area contributed by atoms with Crippen LogP contribution in [-0.2, 0) is 23.7 Å². The molecule has 0 radical (unpaired) electrons. The van der Waals surface area contributed by atoms with E-state index in [1.54, 1.807) is 13.8 Å². The third kappa shape index (κ3) is 19.0. The first-order chi connectivity index (χ1) is 10.8. The van der Waals surface area contributed by atoms with Crippen molar-refractivity contribution in [1.29, 1.82) is 0 Å². The number of carbonyl (C=O) groups excluding carboxylic acids is 1. The van der Waals surface area contributed by atoms with Crippen LogP contribution in [0.3, 0.4) is 0 Å². The zero-order valence-electron chi connectivity index (χ0n) is 14.9. The minimum atomic E-state index is -0.455. The lowest BCUT2D eigenvalue weighted by Crippen LogP contribution is -2.27. The first-order valence-electron chi connectivity index (χ1n) is 7.60. The molecule has 0 aromatic rings. The van der Waals surface area contributed by atoms with E-state index in [1.807, 2.05) is 13.8 Å². The lowest BCUT2D eigenvalue weighted by molar-refractivity contribution is -0.134. The summed E-state index contributed by atoms with van der Waals surface area (Å²) in [6.07, 6.45) is 0.400. The molecular weight excluding hydrogens is 304 g/mol. The maximum Gasteiger partial charge on any atom is 0.329 e. The van der Waals surface area contributed by atoms with Crippen molar-refractivity contribution in [2.75, 3.05) is 33.5 Å². The number of carbonyl (C=O) groups is 1. The van der Waals surface area contributed by atoms with Gasteiger partial charge < -0.3 is 29.2 Å². The predicted molar refractivity (Wildman–Crippen MR) is 87.2 cm³/mol. The van der Waals surface area contributed by atoms with Gasteiger partial charge >= 0.3 is 5.97 Å². The molecule has 23 heavy (non-hydrogen) atoms. The van der Waals surface area contributed by atoms with E-state index in [0.717, 1.165) is 6.08 Å². The molecule has 0 saturated carbocycles. The Bertz CT molecular complexity index is 294. The molecule has 0 bridgehead atoms. The van der Waals surface area contributed by atoms with Crippen molar-refractivity contribution in [1.82, 2.24) is 0 Å². The van der Waals surface area contributed by atoms with Gasteiger partial charge in [0.2, 0.25) is 0 Å². The van der Waals surface area contributed by atoms with Gasteiger partial charge in [0.15, 0.2) is 0 Å². The normalized spacial score (nSPS) is 15.6. The summed E-state index contributed by atoms with van der Waals surface area (Å²) in [6, 6.07) is 0. The van der Waals surface area contributed by atoms with Crippen molar-refractivity contribution in [2.45, 2.75) is 52.1 Å². The molecule has 0 heterocycles. The highest BCUT2D eigenvalue weighted by Gasteiger charge is 2.09. The van der Waals surface area contributed by atoms with Crippen LogP contribution in [0.25, 0.3) is 0 Å². The van der Waals surface area contributed by atoms with Crippen LogP contribution in [0.2, 0.25) is 0 Å². The van der Waals surface area contributed by atoms with Gasteiger partial charge in [-0.1, -0.05) is 6.58 Å². The number of aliphatic hydroxyl groups excluding tert-OH is 2. The summed E-state index contributed by atoms with van der Waals surface area (Å²) in [5.41, 5.74) is 0. The van der Waals surface area contributed by atoms with Gasteiger partial charge in [0.1, 0.15) is 0 Å². The fraction of sp³-hybridized carbons (Fsp3) is 0.812. The van der Waals surface area contributed by atoms with Gasteiger partial charge in [0, 0.05) is 6.08 Å².